The first-order chi connectivity index (χ1) is 7.41. The van der Waals surface area contributed by atoms with Gasteiger partial charge in [0.15, 0.2) is 17.5 Å². The minimum absolute atomic E-state index is 0.0356. The summed E-state index contributed by atoms with van der Waals surface area (Å²) in [4.78, 5) is 11.3. The van der Waals surface area contributed by atoms with Crippen LogP contribution in [0.3, 0.4) is 0 Å². The van der Waals surface area contributed by atoms with Gasteiger partial charge in [-0.25, -0.2) is 18.0 Å². The summed E-state index contributed by atoms with van der Waals surface area (Å²) in [6.45, 7) is 1.45. The van der Waals surface area contributed by atoms with Gasteiger partial charge in [0.1, 0.15) is 5.56 Å². The van der Waals surface area contributed by atoms with E-state index >= 15 is 0 Å². The molecule has 0 unspecified atom stereocenters. The lowest BCUT2D eigenvalue weighted by Gasteiger charge is -2.08. The molecular formula is C9H5Cl2F3O2. The minimum Gasteiger partial charge on any atom is -0.462 e. The van der Waals surface area contributed by atoms with E-state index in [2.05, 4.69) is 4.74 Å². The highest BCUT2D eigenvalue weighted by atomic mass is 35.5. The quantitative estimate of drug-likeness (QED) is 0.467. The molecule has 16 heavy (non-hydrogen) atoms. The molecule has 0 saturated heterocycles. The van der Waals surface area contributed by atoms with Gasteiger partial charge in [-0.05, 0) is 6.92 Å². The fraction of sp³-hybridized carbons (Fsp3) is 0.222. The van der Waals surface area contributed by atoms with Crippen LogP contribution in [0.4, 0.5) is 13.2 Å². The number of carbonyl (C=O) groups is 1. The topological polar surface area (TPSA) is 26.3 Å². The van der Waals surface area contributed by atoms with E-state index in [1.54, 1.807) is 0 Å². The number of hydrogen-bond acceptors (Lipinski definition) is 2. The third kappa shape index (κ3) is 2.10. The maximum Gasteiger partial charge on any atom is 0.341 e. The monoisotopic (exact) mass is 272 g/mol. The van der Waals surface area contributed by atoms with E-state index in [0.717, 1.165) is 0 Å². The summed E-state index contributed by atoms with van der Waals surface area (Å²) in [7, 11) is 0. The first-order valence-corrected chi connectivity index (χ1v) is 4.85. The first-order valence-electron chi connectivity index (χ1n) is 4.10. The Kier molecular flexibility index (Phi) is 4.04. The number of benzene rings is 1. The van der Waals surface area contributed by atoms with Crippen LogP contribution in [-0.4, -0.2) is 12.6 Å². The van der Waals surface area contributed by atoms with Gasteiger partial charge in [0.2, 0.25) is 0 Å². The Labute approximate surface area is 98.9 Å². The van der Waals surface area contributed by atoms with Gasteiger partial charge < -0.3 is 4.74 Å². The lowest BCUT2D eigenvalue weighted by Crippen LogP contribution is -2.10. The molecule has 1 rings (SSSR count). The SMILES string of the molecule is CCOC(=O)c1c(Cl)c(F)c(F)c(F)c1Cl. The average Bonchev–Trinajstić information content (AvgIpc) is 2.24. The molecule has 0 N–H and O–H groups in total. The van der Waals surface area contributed by atoms with Crippen LogP contribution >= 0.6 is 23.2 Å². The van der Waals surface area contributed by atoms with Crippen molar-refractivity contribution in [3.05, 3.63) is 33.1 Å². The molecular weight excluding hydrogens is 268 g/mol. The van der Waals surface area contributed by atoms with Gasteiger partial charge in [-0.1, -0.05) is 23.2 Å². The molecule has 0 aromatic heterocycles. The Balaban J connectivity index is 3.45. The summed E-state index contributed by atoms with van der Waals surface area (Å²) in [5, 5.41) is -1.80. The Morgan fingerprint density at radius 1 is 1.12 bits per heavy atom. The molecule has 0 spiro atoms. The zero-order valence-electron chi connectivity index (χ0n) is 7.91. The van der Waals surface area contributed by atoms with Crippen LogP contribution in [0.2, 0.25) is 10.0 Å². The van der Waals surface area contributed by atoms with Gasteiger partial charge >= 0.3 is 5.97 Å². The number of esters is 1. The standard InChI is InChI=1S/C9H5Cl2F3O2/c1-2-16-9(15)3-4(10)6(12)8(14)7(13)5(3)11/h2H2,1H3. The van der Waals surface area contributed by atoms with Crippen LogP contribution < -0.4 is 0 Å². The number of hydrogen-bond donors (Lipinski definition) is 0. The third-order valence-corrected chi connectivity index (χ3v) is 2.40. The summed E-state index contributed by atoms with van der Waals surface area (Å²) in [5.74, 6) is -6.29. The van der Waals surface area contributed by atoms with Crippen molar-refractivity contribution in [3.8, 4) is 0 Å². The molecule has 2 nitrogen and oxygen atoms in total. The predicted molar refractivity (Wildman–Crippen MR) is 52.3 cm³/mol. The van der Waals surface area contributed by atoms with Crippen molar-refractivity contribution >= 4 is 29.2 Å². The molecule has 0 heterocycles. The van der Waals surface area contributed by atoms with E-state index in [0.29, 0.717) is 0 Å². The molecule has 0 bridgehead atoms. The molecule has 0 aliphatic rings. The van der Waals surface area contributed by atoms with E-state index < -0.39 is 39.0 Å². The Morgan fingerprint density at radius 2 is 1.56 bits per heavy atom. The van der Waals surface area contributed by atoms with E-state index in [1.807, 2.05) is 0 Å². The van der Waals surface area contributed by atoms with Crippen molar-refractivity contribution in [2.45, 2.75) is 6.92 Å². The number of carbonyl (C=O) groups excluding carboxylic acids is 1. The molecule has 1 aromatic carbocycles. The van der Waals surface area contributed by atoms with E-state index in [4.69, 9.17) is 23.2 Å². The summed E-state index contributed by atoms with van der Waals surface area (Å²) >= 11 is 10.7. The molecule has 0 fully saturated rings. The van der Waals surface area contributed by atoms with Crippen molar-refractivity contribution in [2.24, 2.45) is 0 Å². The molecule has 88 valence electrons. The number of ether oxygens (including phenoxy) is 1. The van der Waals surface area contributed by atoms with Crippen molar-refractivity contribution in [1.29, 1.82) is 0 Å². The summed E-state index contributed by atoms with van der Waals surface area (Å²) in [5.41, 5.74) is -0.721. The predicted octanol–water partition coefficient (Wildman–Crippen LogP) is 3.59. The number of halogens is 5. The van der Waals surface area contributed by atoms with Gasteiger partial charge in [0, 0.05) is 0 Å². The van der Waals surface area contributed by atoms with E-state index in [-0.39, 0.29) is 6.61 Å². The van der Waals surface area contributed by atoms with Crippen molar-refractivity contribution < 1.29 is 22.7 Å². The van der Waals surface area contributed by atoms with Crippen molar-refractivity contribution in [1.82, 2.24) is 0 Å². The number of rotatable bonds is 2. The fourth-order valence-corrected chi connectivity index (χ4v) is 1.54. The van der Waals surface area contributed by atoms with Crippen LogP contribution in [0, 0.1) is 17.5 Å². The molecule has 7 heteroatoms. The van der Waals surface area contributed by atoms with Crippen LogP contribution in [0.25, 0.3) is 0 Å². The van der Waals surface area contributed by atoms with Crippen LogP contribution in [0.15, 0.2) is 0 Å². The molecule has 0 aliphatic carbocycles. The molecule has 0 saturated carbocycles. The van der Waals surface area contributed by atoms with Gasteiger partial charge in [-0.3, -0.25) is 0 Å². The van der Waals surface area contributed by atoms with Crippen LogP contribution in [0.5, 0.6) is 0 Å². The van der Waals surface area contributed by atoms with Gasteiger partial charge in [0.25, 0.3) is 0 Å². The van der Waals surface area contributed by atoms with Crippen LogP contribution in [0.1, 0.15) is 17.3 Å². The second-order valence-corrected chi connectivity index (χ2v) is 3.42. The third-order valence-electron chi connectivity index (χ3n) is 1.69. The molecule has 0 aliphatic heterocycles. The normalized spacial score (nSPS) is 10.4. The molecule has 0 amide bonds. The maximum absolute atomic E-state index is 13.0. The molecule has 0 atom stereocenters. The second-order valence-electron chi connectivity index (χ2n) is 2.67. The van der Waals surface area contributed by atoms with E-state index in [1.165, 1.54) is 6.92 Å². The van der Waals surface area contributed by atoms with Crippen LogP contribution in [-0.2, 0) is 4.74 Å². The average molecular weight is 273 g/mol. The minimum atomic E-state index is -1.83. The lowest BCUT2D eigenvalue weighted by molar-refractivity contribution is 0.0525. The van der Waals surface area contributed by atoms with Crippen molar-refractivity contribution in [2.75, 3.05) is 6.61 Å². The van der Waals surface area contributed by atoms with E-state index in [9.17, 15) is 18.0 Å². The first kappa shape index (κ1) is 13.1. The summed E-state index contributed by atoms with van der Waals surface area (Å²) < 4.78 is 43.3. The Morgan fingerprint density at radius 3 is 1.94 bits per heavy atom. The largest absolute Gasteiger partial charge is 0.462 e. The van der Waals surface area contributed by atoms with Crippen molar-refractivity contribution in [3.63, 3.8) is 0 Å². The highest BCUT2D eigenvalue weighted by Crippen LogP contribution is 2.32. The van der Waals surface area contributed by atoms with Gasteiger partial charge in [-0.2, -0.15) is 0 Å². The van der Waals surface area contributed by atoms with Gasteiger partial charge in [0.05, 0.1) is 16.7 Å². The zero-order valence-corrected chi connectivity index (χ0v) is 9.43. The zero-order chi connectivity index (χ0) is 12.5. The Hall–Kier alpha value is -0.940. The van der Waals surface area contributed by atoms with Gasteiger partial charge in [-0.15, -0.1) is 0 Å². The summed E-state index contributed by atoms with van der Waals surface area (Å²) in [6, 6.07) is 0. The smallest absolute Gasteiger partial charge is 0.341 e. The fourth-order valence-electron chi connectivity index (χ4n) is 0.987. The highest BCUT2D eigenvalue weighted by molar-refractivity contribution is 6.39. The summed E-state index contributed by atoms with van der Waals surface area (Å²) in [6.07, 6.45) is 0. The lowest BCUT2D eigenvalue weighted by atomic mass is 10.2. The molecule has 0 radical (unpaired) electrons. The highest BCUT2D eigenvalue weighted by Gasteiger charge is 2.27. The maximum atomic E-state index is 13.0. The second kappa shape index (κ2) is 4.93. The molecule has 1 aromatic rings. The Bertz CT molecular complexity index is 420.